The summed E-state index contributed by atoms with van der Waals surface area (Å²) >= 11 is 0. The third-order valence-electron chi connectivity index (χ3n) is 5.40. The van der Waals surface area contributed by atoms with Gasteiger partial charge in [-0.1, -0.05) is 48.5 Å². The van der Waals surface area contributed by atoms with Crippen LogP contribution in [0.3, 0.4) is 0 Å². The summed E-state index contributed by atoms with van der Waals surface area (Å²) in [5.74, 6) is 1.68. The number of ether oxygens (including phenoxy) is 2. The Kier molecular flexibility index (Phi) is 10.2. The number of hydrogen-bond acceptors (Lipinski definition) is 4. The number of aliphatic imine (C=N–C) groups is 2. The van der Waals surface area contributed by atoms with Gasteiger partial charge in [0.1, 0.15) is 11.5 Å². The average molecular weight is 493 g/mol. The molecule has 0 aliphatic heterocycles. The van der Waals surface area contributed by atoms with Gasteiger partial charge in [-0.25, -0.2) is 9.98 Å². The lowest BCUT2D eigenvalue weighted by Crippen LogP contribution is -2.02. The van der Waals surface area contributed by atoms with E-state index in [9.17, 15) is 0 Å². The number of rotatable bonds is 14. The molecule has 0 aliphatic carbocycles. The summed E-state index contributed by atoms with van der Waals surface area (Å²) in [7, 11) is 0. The first-order valence-corrected chi connectivity index (χ1v) is 12.5. The smallest absolute Gasteiger partial charge is 0.121 e. The quantitative estimate of drug-likeness (QED) is 0.107. The number of anilines is 2. The van der Waals surface area contributed by atoms with E-state index in [-0.39, 0.29) is 0 Å². The van der Waals surface area contributed by atoms with Gasteiger partial charge >= 0.3 is 0 Å². The van der Waals surface area contributed by atoms with Crippen LogP contribution in [0.15, 0.2) is 119 Å². The molecule has 0 saturated heterocycles. The van der Waals surface area contributed by atoms with E-state index in [1.165, 1.54) is 0 Å². The van der Waals surface area contributed by atoms with E-state index in [4.69, 9.17) is 9.47 Å². The molecule has 0 aromatic heterocycles. The summed E-state index contributed by atoms with van der Waals surface area (Å²) in [6, 6.07) is 35.5. The second-order valence-electron chi connectivity index (χ2n) is 8.29. The fourth-order valence-corrected chi connectivity index (χ4v) is 3.50. The number of para-hydroxylation sites is 2. The zero-order valence-electron chi connectivity index (χ0n) is 20.8. The van der Waals surface area contributed by atoms with Crippen molar-refractivity contribution < 1.29 is 9.47 Å². The number of benzene rings is 4. The van der Waals surface area contributed by atoms with Crippen LogP contribution in [0.1, 0.15) is 19.3 Å². The first-order chi connectivity index (χ1) is 18.3. The van der Waals surface area contributed by atoms with Gasteiger partial charge in [0.05, 0.1) is 37.3 Å². The molecular weight excluding hydrogens is 460 g/mol. The molecule has 0 heterocycles. The fourth-order valence-electron chi connectivity index (χ4n) is 3.50. The maximum absolute atomic E-state index is 5.92. The zero-order chi connectivity index (χ0) is 25.4. The fraction of sp³-hybridized carbons (Fsp3) is 0.161. The molecule has 0 radical (unpaired) electrons. The van der Waals surface area contributed by atoms with Crippen molar-refractivity contribution in [3.63, 3.8) is 0 Å². The average Bonchev–Trinajstić information content (AvgIpc) is 2.94. The molecule has 37 heavy (non-hydrogen) atoms. The topological polar surface area (TPSA) is 67.2 Å². The molecule has 0 spiro atoms. The molecule has 0 bridgehead atoms. The highest BCUT2D eigenvalue weighted by Crippen LogP contribution is 2.19. The highest BCUT2D eigenvalue weighted by atomic mass is 16.5. The summed E-state index contributed by atoms with van der Waals surface area (Å²) in [5, 5.41) is 6.38. The standard InChI is InChI=1S/C31H32N4O2/c1-4-12-26(13-5-1)32-24-34-28-16-10-18-30(22-28)36-20-8-3-9-21-37-31-19-11-17-29(23-31)35-25-33-27-14-6-2-7-15-27/h1-2,4-7,10-19,22-25H,3,8-9,20-21H2,(H,32,34)(H,33,35). The molecule has 0 fully saturated rings. The Morgan fingerprint density at radius 1 is 0.514 bits per heavy atom. The molecule has 6 heteroatoms. The van der Waals surface area contributed by atoms with Gasteiger partial charge in [0.25, 0.3) is 0 Å². The van der Waals surface area contributed by atoms with Gasteiger partial charge in [0.15, 0.2) is 0 Å². The third-order valence-corrected chi connectivity index (χ3v) is 5.40. The van der Waals surface area contributed by atoms with Gasteiger partial charge in [-0.05, 0) is 67.8 Å². The highest BCUT2D eigenvalue weighted by Gasteiger charge is 1.99. The predicted octanol–water partition coefficient (Wildman–Crippen LogP) is 7.86. The summed E-state index contributed by atoms with van der Waals surface area (Å²) in [4.78, 5) is 8.78. The Labute approximate surface area is 218 Å². The minimum atomic E-state index is 0.668. The SMILES string of the molecule is C(=Nc1ccccc1)Nc1cccc(OCCCCCOc2cccc(NC=Nc3ccccc3)c2)c1. The van der Waals surface area contributed by atoms with Gasteiger partial charge in [0, 0.05) is 23.5 Å². The third kappa shape index (κ3) is 9.53. The molecule has 4 aromatic carbocycles. The maximum atomic E-state index is 5.92. The lowest BCUT2D eigenvalue weighted by molar-refractivity contribution is 0.279. The molecule has 188 valence electrons. The van der Waals surface area contributed by atoms with Crippen LogP contribution in [0.25, 0.3) is 0 Å². The summed E-state index contributed by atoms with van der Waals surface area (Å²) in [5.41, 5.74) is 3.69. The van der Waals surface area contributed by atoms with E-state index in [1.54, 1.807) is 12.7 Å². The monoisotopic (exact) mass is 492 g/mol. The second kappa shape index (κ2) is 14.7. The van der Waals surface area contributed by atoms with Crippen LogP contribution in [-0.4, -0.2) is 25.9 Å². The Morgan fingerprint density at radius 3 is 1.43 bits per heavy atom. The lowest BCUT2D eigenvalue weighted by atomic mass is 10.2. The number of nitrogens with one attached hydrogen (secondary N) is 2. The van der Waals surface area contributed by atoms with Gasteiger partial charge in [0.2, 0.25) is 0 Å². The van der Waals surface area contributed by atoms with E-state index in [1.807, 2.05) is 109 Å². The van der Waals surface area contributed by atoms with Gasteiger partial charge in [-0.2, -0.15) is 0 Å². The van der Waals surface area contributed by atoms with E-state index in [2.05, 4.69) is 20.6 Å². The lowest BCUT2D eigenvalue weighted by Gasteiger charge is -2.09. The van der Waals surface area contributed by atoms with Crippen molar-refractivity contribution in [3.05, 3.63) is 109 Å². The van der Waals surface area contributed by atoms with Crippen molar-refractivity contribution >= 4 is 35.4 Å². The minimum absolute atomic E-state index is 0.668. The molecule has 6 nitrogen and oxygen atoms in total. The summed E-state index contributed by atoms with van der Waals surface area (Å²) in [6.07, 6.45) is 6.35. The zero-order valence-corrected chi connectivity index (χ0v) is 20.8. The van der Waals surface area contributed by atoms with Gasteiger partial charge in [-0.3, -0.25) is 0 Å². The number of hydrogen-bond donors (Lipinski definition) is 2. The molecule has 0 aliphatic rings. The van der Waals surface area contributed by atoms with Crippen LogP contribution in [0.2, 0.25) is 0 Å². The van der Waals surface area contributed by atoms with Crippen molar-refractivity contribution in [2.24, 2.45) is 9.98 Å². The molecule has 4 aromatic rings. The highest BCUT2D eigenvalue weighted by molar-refractivity contribution is 5.79. The second-order valence-corrected chi connectivity index (χ2v) is 8.29. The number of unbranched alkanes of at least 4 members (excludes halogenated alkanes) is 2. The predicted molar refractivity (Wildman–Crippen MR) is 154 cm³/mol. The van der Waals surface area contributed by atoms with Crippen molar-refractivity contribution in [2.45, 2.75) is 19.3 Å². The van der Waals surface area contributed by atoms with Gasteiger partial charge < -0.3 is 20.1 Å². The largest absolute Gasteiger partial charge is 0.494 e. The summed E-state index contributed by atoms with van der Waals surface area (Å²) in [6.45, 7) is 1.34. The Morgan fingerprint density at radius 2 is 0.973 bits per heavy atom. The van der Waals surface area contributed by atoms with Crippen molar-refractivity contribution in [1.82, 2.24) is 0 Å². The Balaban J connectivity index is 1.10. The molecular formula is C31H32N4O2. The summed E-state index contributed by atoms with van der Waals surface area (Å²) < 4.78 is 11.8. The van der Waals surface area contributed by atoms with Gasteiger partial charge in [-0.15, -0.1) is 0 Å². The van der Waals surface area contributed by atoms with Crippen LogP contribution in [0.4, 0.5) is 22.7 Å². The normalized spacial score (nSPS) is 11.0. The van der Waals surface area contributed by atoms with Crippen LogP contribution in [0, 0.1) is 0 Å². The van der Waals surface area contributed by atoms with Crippen molar-refractivity contribution in [3.8, 4) is 11.5 Å². The molecule has 0 atom stereocenters. The first-order valence-electron chi connectivity index (χ1n) is 12.5. The van der Waals surface area contributed by atoms with E-state index >= 15 is 0 Å². The molecule has 0 saturated carbocycles. The molecule has 0 amide bonds. The van der Waals surface area contributed by atoms with E-state index in [0.717, 1.165) is 53.5 Å². The van der Waals surface area contributed by atoms with Crippen LogP contribution >= 0.6 is 0 Å². The van der Waals surface area contributed by atoms with Crippen molar-refractivity contribution in [2.75, 3.05) is 23.8 Å². The molecule has 2 N–H and O–H groups in total. The van der Waals surface area contributed by atoms with Crippen LogP contribution in [-0.2, 0) is 0 Å². The van der Waals surface area contributed by atoms with E-state index < -0.39 is 0 Å². The maximum Gasteiger partial charge on any atom is 0.121 e. The van der Waals surface area contributed by atoms with Crippen molar-refractivity contribution in [1.29, 1.82) is 0 Å². The Bertz CT molecular complexity index is 1160. The van der Waals surface area contributed by atoms with E-state index in [0.29, 0.717) is 13.2 Å². The Hall–Kier alpha value is -4.58. The van der Waals surface area contributed by atoms with Crippen LogP contribution < -0.4 is 20.1 Å². The molecule has 0 unspecified atom stereocenters. The minimum Gasteiger partial charge on any atom is -0.494 e. The van der Waals surface area contributed by atoms with Crippen LogP contribution in [0.5, 0.6) is 11.5 Å². The molecule has 4 rings (SSSR count). The number of nitrogens with zero attached hydrogens (tertiary/aromatic N) is 2. The first kappa shape index (κ1) is 25.5.